The zero-order valence-corrected chi connectivity index (χ0v) is 14.4. The molecule has 2 heterocycles. The third-order valence-electron chi connectivity index (χ3n) is 4.74. The molecule has 2 fully saturated rings. The predicted molar refractivity (Wildman–Crippen MR) is 86.9 cm³/mol. The van der Waals surface area contributed by atoms with Gasteiger partial charge in [0.15, 0.2) is 0 Å². The Morgan fingerprint density at radius 3 is 2.48 bits per heavy atom. The molecule has 0 spiro atoms. The van der Waals surface area contributed by atoms with Gasteiger partial charge in [0.2, 0.25) is 10.0 Å². The Bertz CT molecular complexity index is 405. The van der Waals surface area contributed by atoms with Crippen LogP contribution in [0.5, 0.6) is 0 Å². The molecule has 5 nitrogen and oxygen atoms in total. The van der Waals surface area contributed by atoms with Gasteiger partial charge in [0, 0.05) is 45.8 Å². The van der Waals surface area contributed by atoms with Crippen LogP contribution in [0.15, 0.2) is 0 Å². The summed E-state index contributed by atoms with van der Waals surface area (Å²) in [6.07, 6.45) is 3.91. The van der Waals surface area contributed by atoms with Crippen LogP contribution in [0.1, 0.15) is 32.6 Å². The number of rotatable bonds is 6. The second kappa shape index (κ2) is 7.90. The van der Waals surface area contributed by atoms with Gasteiger partial charge in [-0.25, -0.2) is 12.7 Å². The highest BCUT2D eigenvalue weighted by Crippen LogP contribution is 2.21. The first-order valence-electron chi connectivity index (χ1n) is 8.40. The number of hydrogen-bond acceptors (Lipinski definition) is 4. The molecule has 0 radical (unpaired) electrons. The Morgan fingerprint density at radius 1 is 1.10 bits per heavy atom. The average Bonchev–Trinajstić information content (AvgIpc) is 2.48. The van der Waals surface area contributed by atoms with Gasteiger partial charge in [-0.2, -0.15) is 0 Å². The summed E-state index contributed by atoms with van der Waals surface area (Å²) < 4.78 is 26.4. The highest BCUT2D eigenvalue weighted by atomic mass is 32.2. The van der Waals surface area contributed by atoms with Gasteiger partial charge in [0.1, 0.15) is 0 Å². The van der Waals surface area contributed by atoms with Gasteiger partial charge in [-0.05, 0) is 32.2 Å². The van der Waals surface area contributed by atoms with Crippen molar-refractivity contribution in [3.05, 3.63) is 0 Å². The normalized spacial score (nSPS) is 27.0. The van der Waals surface area contributed by atoms with Crippen LogP contribution < -0.4 is 0 Å². The number of nitrogens with zero attached hydrogens (tertiary/aromatic N) is 3. The van der Waals surface area contributed by atoms with Crippen LogP contribution in [-0.4, -0.2) is 81.1 Å². The number of piperidine rings is 1. The van der Waals surface area contributed by atoms with Crippen molar-refractivity contribution in [3.8, 4) is 0 Å². The van der Waals surface area contributed by atoms with Gasteiger partial charge < -0.3 is 9.80 Å². The maximum absolute atomic E-state index is 12.3. The Hall–Kier alpha value is -0.170. The molecule has 0 aromatic carbocycles. The largest absolute Gasteiger partial charge is 0.304 e. The summed E-state index contributed by atoms with van der Waals surface area (Å²) in [4.78, 5) is 4.87. The zero-order chi connectivity index (χ0) is 15.3. The van der Waals surface area contributed by atoms with Crippen LogP contribution >= 0.6 is 0 Å². The molecule has 0 aliphatic carbocycles. The summed E-state index contributed by atoms with van der Waals surface area (Å²) in [7, 11) is -0.855. The molecule has 2 aliphatic heterocycles. The van der Waals surface area contributed by atoms with Gasteiger partial charge in [0.05, 0.1) is 5.75 Å². The fourth-order valence-electron chi connectivity index (χ4n) is 3.28. The van der Waals surface area contributed by atoms with Crippen molar-refractivity contribution < 1.29 is 8.42 Å². The highest BCUT2D eigenvalue weighted by Gasteiger charge is 2.29. The molecule has 0 bridgehead atoms. The molecule has 6 heteroatoms. The van der Waals surface area contributed by atoms with Gasteiger partial charge in [0.25, 0.3) is 0 Å². The predicted octanol–water partition coefficient (Wildman–Crippen LogP) is 1.08. The van der Waals surface area contributed by atoms with E-state index in [0.29, 0.717) is 11.7 Å². The molecule has 1 unspecified atom stereocenters. The molecular formula is C15H31N3O2S. The topological polar surface area (TPSA) is 43.9 Å². The van der Waals surface area contributed by atoms with E-state index in [0.717, 1.165) is 65.1 Å². The number of sulfonamides is 1. The molecule has 0 amide bonds. The lowest BCUT2D eigenvalue weighted by Gasteiger charge is -2.38. The minimum Gasteiger partial charge on any atom is -0.304 e. The van der Waals surface area contributed by atoms with E-state index in [2.05, 4.69) is 16.8 Å². The van der Waals surface area contributed by atoms with Crippen LogP contribution in [0, 0.1) is 5.92 Å². The summed E-state index contributed by atoms with van der Waals surface area (Å²) in [6.45, 7) is 9.07. The van der Waals surface area contributed by atoms with Gasteiger partial charge >= 0.3 is 0 Å². The van der Waals surface area contributed by atoms with E-state index in [1.165, 1.54) is 6.42 Å². The minimum atomic E-state index is -3.02. The van der Waals surface area contributed by atoms with Gasteiger partial charge in [-0.15, -0.1) is 0 Å². The highest BCUT2D eigenvalue weighted by molar-refractivity contribution is 7.89. The fourth-order valence-corrected chi connectivity index (χ4v) is 5.04. The maximum atomic E-state index is 12.3. The molecule has 0 saturated carbocycles. The second-order valence-electron chi connectivity index (χ2n) is 6.64. The lowest BCUT2D eigenvalue weighted by Crippen LogP contribution is -2.49. The summed E-state index contributed by atoms with van der Waals surface area (Å²) >= 11 is 0. The summed E-state index contributed by atoms with van der Waals surface area (Å²) in [5.74, 6) is 0.837. The van der Waals surface area contributed by atoms with Crippen LogP contribution in [0.4, 0.5) is 0 Å². The van der Waals surface area contributed by atoms with Crippen molar-refractivity contribution >= 4 is 10.0 Å². The van der Waals surface area contributed by atoms with E-state index in [4.69, 9.17) is 0 Å². The Labute approximate surface area is 130 Å². The molecule has 0 aromatic heterocycles. The van der Waals surface area contributed by atoms with Gasteiger partial charge in [-0.1, -0.05) is 13.3 Å². The minimum absolute atomic E-state index is 0.324. The lowest BCUT2D eigenvalue weighted by molar-refractivity contribution is 0.118. The molecule has 124 valence electrons. The summed E-state index contributed by atoms with van der Waals surface area (Å²) in [5, 5.41) is 0. The monoisotopic (exact) mass is 317 g/mol. The third-order valence-corrected chi connectivity index (χ3v) is 6.67. The van der Waals surface area contributed by atoms with E-state index < -0.39 is 10.0 Å². The molecule has 2 aliphatic rings. The SMILES string of the molecule is CCCCS(=O)(=O)N1CCCC(CN2CCN(C)CC2)C1. The fraction of sp³-hybridized carbons (Fsp3) is 1.00. The number of unbranched alkanes of at least 4 members (excludes halogenated alkanes) is 1. The smallest absolute Gasteiger partial charge is 0.214 e. The first-order valence-corrected chi connectivity index (χ1v) is 10.0. The van der Waals surface area contributed by atoms with Crippen molar-refractivity contribution in [2.75, 3.05) is 58.6 Å². The van der Waals surface area contributed by atoms with E-state index in [-0.39, 0.29) is 0 Å². The van der Waals surface area contributed by atoms with E-state index >= 15 is 0 Å². The van der Waals surface area contributed by atoms with Crippen molar-refractivity contribution in [1.29, 1.82) is 0 Å². The summed E-state index contributed by atoms with van der Waals surface area (Å²) in [6, 6.07) is 0. The molecule has 2 saturated heterocycles. The number of piperazine rings is 1. The molecule has 0 aromatic rings. The standard InChI is InChI=1S/C15H31N3O2S/c1-3-4-12-21(19,20)18-7-5-6-15(14-18)13-17-10-8-16(2)9-11-17/h15H,3-14H2,1-2H3. The molecule has 1 atom stereocenters. The van der Waals surface area contributed by atoms with E-state index in [9.17, 15) is 8.42 Å². The molecule has 21 heavy (non-hydrogen) atoms. The quantitative estimate of drug-likeness (QED) is 0.735. The Balaban J connectivity index is 1.83. The second-order valence-corrected chi connectivity index (χ2v) is 8.73. The number of hydrogen-bond donors (Lipinski definition) is 0. The third kappa shape index (κ3) is 5.20. The van der Waals surface area contributed by atoms with Crippen LogP contribution in [0.25, 0.3) is 0 Å². The Kier molecular flexibility index (Phi) is 6.47. The summed E-state index contributed by atoms with van der Waals surface area (Å²) in [5.41, 5.74) is 0. The molecular weight excluding hydrogens is 286 g/mol. The lowest BCUT2D eigenvalue weighted by atomic mass is 9.99. The van der Waals surface area contributed by atoms with Crippen LogP contribution in [0.3, 0.4) is 0 Å². The van der Waals surface area contributed by atoms with E-state index in [1.807, 2.05) is 6.92 Å². The molecule has 0 N–H and O–H groups in total. The van der Waals surface area contributed by atoms with Crippen molar-refractivity contribution in [3.63, 3.8) is 0 Å². The zero-order valence-electron chi connectivity index (χ0n) is 13.6. The van der Waals surface area contributed by atoms with Crippen molar-refractivity contribution in [2.45, 2.75) is 32.6 Å². The Morgan fingerprint density at radius 2 is 1.81 bits per heavy atom. The molecule has 2 rings (SSSR count). The van der Waals surface area contributed by atoms with Crippen LogP contribution in [0.2, 0.25) is 0 Å². The van der Waals surface area contributed by atoms with Gasteiger partial charge in [-0.3, -0.25) is 0 Å². The average molecular weight is 317 g/mol. The van der Waals surface area contributed by atoms with Crippen molar-refractivity contribution in [2.24, 2.45) is 5.92 Å². The number of likely N-dealkylation sites (N-methyl/N-ethyl adjacent to an activating group) is 1. The first-order chi connectivity index (χ1) is 10.0. The van der Waals surface area contributed by atoms with Crippen molar-refractivity contribution in [1.82, 2.24) is 14.1 Å². The first kappa shape index (κ1) is 17.2. The van der Waals surface area contributed by atoms with E-state index in [1.54, 1.807) is 4.31 Å². The maximum Gasteiger partial charge on any atom is 0.214 e. The van der Waals surface area contributed by atoms with Crippen LogP contribution in [-0.2, 0) is 10.0 Å².